The first kappa shape index (κ1) is 29.1. The van der Waals surface area contributed by atoms with Gasteiger partial charge in [-0.3, -0.25) is 4.90 Å². The molecule has 0 saturated carbocycles. The number of rotatable bonds is 4. The number of ether oxygens (including phenoxy) is 1. The Balaban J connectivity index is 0.000000220. The molecule has 0 spiro atoms. The quantitative estimate of drug-likeness (QED) is 0.425. The summed E-state index contributed by atoms with van der Waals surface area (Å²) in [4.78, 5) is 13.8. The zero-order valence-electron chi connectivity index (χ0n) is 22.1. The molecule has 2 fully saturated rings. The van der Waals surface area contributed by atoms with Gasteiger partial charge in [0.15, 0.2) is 0 Å². The molecule has 2 aromatic rings. The summed E-state index contributed by atoms with van der Waals surface area (Å²) in [5.74, 6) is 0. The first-order valence-corrected chi connectivity index (χ1v) is 13.0. The van der Waals surface area contributed by atoms with Gasteiger partial charge in [0.25, 0.3) is 0 Å². The molecule has 2 aliphatic heterocycles. The van der Waals surface area contributed by atoms with Crippen molar-refractivity contribution in [3.63, 3.8) is 0 Å². The Labute approximate surface area is 219 Å². The van der Waals surface area contributed by atoms with Crippen LogP contribution in [-0.4, -0.2) is 75.4 Å². The van der Waals surface area contributed by atoms with Crippen molar-refractivity contribution in [1.82, 2.24) is 10.2 Å². The monoisotopic (exact) mass is 514 g/mol. The Hall–Kier alpha value is -2.49. The van der Waals surface area contributed by atoms with E-state index in [4.69, 9.17) is 9.84 Å². The molecule has 1 amide bonds. The van der Waals surface area contributed by atoms with Gasteiger partial charge in [0.2, 0.25) is 0 Å². The molecule has 2 aliphatic rings. The number of β-amino-alcohol motifs (C(OH)–C–C–N with tert-alkyl or cyclic N) is 2. The number of nitrogens with zero attached hydrogens (tertiary/aromatic N) is 1. The van der Waals surface area contributed by atoms with E-state index in [9.17, 15) is 20.1 Å². The van der Waals surface area contributed by atoms with Crippen LogP contribution in [0.1, 0.15) is 57.6 Å². The first-order chi connectivity index (χ1) is 17.5. The second-order valence-corrected chi connectivity index (χ2v) is 11.1. The highest BCUT2D eigenvalue weighted by Gasteiger charge is 2.42. The zero-order chi connectivity index (χ0) is 27.1. The third kappa shape index (κ3) is 7.75. The van der Waals surface area contributed by atoms with E-state index in [0.717, 1.165) is 17.5 Å². The molecule has 8 nitrogen and oxygen atoms in total. The zero-order valence-corrected chi connectivity index (χ0v) is 22.1. The largest absolute Gasteiger partial charge is 0.444 e. The topological polar surface area (TPSA) is 122 Å². The summed E-state index contributed by atoms with van der Waals surface area (Å²) >= 11 is 0. The van der Waals surface area contributed by atoms with Gasteiger partial charge in [-0.05, 0) is 57.6 Å². The molecule has 2 heterocycles. The summed E-state index contributed by atoms with van der Waals surface area (Å²) < 4.78 is 5.40. The molecule has 2 saturated heterocycles. The average molecular weight is 515 g/mol. The van der Waals surface area contributed by atoms with E-state index in [-0.39, 0.29) is 31.8 Å². The highest BCUT2D eigenvalue weighted by atomic mass is 16.6. The predicted molar refractivity (Wildman–Crippen MR) is 142 cm³/mol. The molecule has 0 radical (unpaired) electrons. The molecule has 8 heteroatoms. The Bertz CT molecular complexity index is 973. The number of benzene rings is 2. The van der Waals surface area contributed by atoms with Gasteiger partial charge < -0.3 is 30.5 Å². The third-order valence-electron chi connectivity index (χ3n) is 7.03. The fourth-order valence-electron chi connectivity index (χ4n) is 4.83. The van der Waals surface area contributed by atoms with Gasteiger partial charge in [-0.2, -0.15) is 0 Å². The fourth-order valence-corrected chi connectivity index (χ4v) is 4.83. The molecular formula is C29H42N2O6. The van der Waals surface area contributed by atoms with Crippen LogP contribution in [0.15, 0.2) is 60.7 Å². The minimum absolute atomic E-state index is 0.122. The van der Waals surface area contributed by atoms with Gasteiger partial charge in [0, 0.05) is 12.6 Å². The maximum Gasteiger partial charge on any atom is 0.410 e. The molecule has 2 aromatic carbocycles. The van der Waals surface area contributed by atoms with Crippen molar-refractivity contribution in [2.75, 3.05) is 26.3 Å². The van der Waals surface area contributed by atoms with Crippen molar-refractivity contribution in [2.45, 2.75) is 75.3 Å². The molecule has 4 unspecified atom stereocenters. The molecule has 204 valence electrons. The second kappa shape index (κ2) is 12.4. The maximum atomic E-state index is 12.4. The van der Waals surface area contributed by atoms with Crippen molar-refractivity contribution < 1.29 is 30.0 Å². The molecule has 0 bridgehead atoms. The first-order valence-electron chi connectivity index (χ1n) is 13.0. The van der Waals surface area contributed by atoms with E-state index in [0.29, 0.717) is 25.8 Å². The van der Waals surface area contributed by atoms with Crippen molar-refractivity contribution in [1.29, 1.82) is 0 Å². The lowest BCUT2D eigenvalue weighted by atomic mass is 9.83. The molecule has 37 heavy (non-hydrogen) atoms. The van der Waals surface area contributed by atoms with Crippen LogP contribution in [0, 0.1) is 0 Å². The van der Waals surface area contributed by atoms with E-state index >= 15 is 0 Å². The minimum Gasteiger partial charge on any atom is -0.444 e. The number of hydrogen-bond acceptors (Lipinski definition) is 7. The Morgan fingerprint density at radius 3 is 1.92 bits per heavy atom. The summed E-state index contributed by atoms with van der Waals surface area (Å²) in [5, 5.41) is 43.0. The SMILES string of the molecule is CC(C)(C)OC(=O)N1CC(O)(c2ccccc2)CCC1CO.OCC1CCC(O)(c2ccccc2)CN1. The smallest absolute Gasteiger partial charge is 0.410 e. The van der Waals surface area contributed by atoms with Crippen LogP contribution in [0.5, 0.6) is 0 Å². The number of hydrogen-bond donors (Lipinski definition) is 5. The van der Waals surface area contributed by atoms with Crippen molar-refractivity contribution in [2.24, 2.45) is 0 Å². The van der Waals surface area contributed by atoms with Crippen LogP contribution in [0.2, 0.25) is 0 Å². The predicted octanol–water partition coefficient (Wildman–Crippen LogP) is 2.88. The van der Waals surface area contributed by atoms with E-state index in [1.54, 1.807) is 20.8 Å². The van der Waals surface area contributed by atoms with Crippen LogP contribution < -0.4 is 5.32 Å². The molecule has 0 aromatic heterocycles. The number of piperidine rings is 2. The number of carbonyl (C=O) groups is 1. The average Bonchev–Trinajstić information content (AvgIpc) is 2.89. The number of carbonyl (C=O) groups excluding carboxylic acids is 1. The van der Waals surface area contributed by atoms with Crippen LogP contribution in [-0.2, 0) is 15.9 Å². The number of nitrogens with one attached hydrogen (secondary N) is 1. The van der Waals surface area contributed by atoms with E-state index in [1.807, 2.05) is 60.7 Å². The van der Waals surface area contributed by atoms with Crippen molar-refractivity contribution in [3.05, 3.63) is 71.8 Å². The molecular weight excluding hydrogens is 472 g/mol. The Kier molecular flexibility index (Phi) is 9.72. The van der Waals surface area contributed by atoms with Gasteiger partial charge in [0.1, 0.15) is 16.8 Å². The number of aliphatic hydroxyl groups is 4. The Morgan fingerprint density at radius 2 is 1.46 bits per heavy atom. The van der Waals surface area contributed by atoms with Gasteiger partial charge >= 0.3 is 6.09 Å². The number of likely N-dealkylation sites (tertiary alicyclic amines) is 1. The van der Waals surface area contributed by atoms with Crippen LogP contribution in [0.4, 0.5) is 4.79 Å². The lowest BCUT2D eigenvalue weighted by Crippen LogP contribution is -2.55. The molecule has 5 N–H and O–H groups in total. The second-order valence-electron chi connectivity index (χ2n) is 11.1. The van der Waals surface area contributed by atoms with E-state index in [2.05, 4.69) is 5.32 Å². The maximum absolute atomic E-state index is 12.4. The van der Waals surface area contributed by atoms with E-state index in [1.165, 1.54) is 4.90 Å². The lowest BCUT2D eigenvalue weighted by molar-refractivity contribution is -0.0720. The van der Waals surface area contributed by atoms with E-state index < -0.39 is 22.9 Å². The van der Waals surface area contributed by atoms with Gasteiger partial charge in [-0.25, -0.2) is 4.79 Å². The normalized spacial score (nSPS) is 28.1. The number of aliphatic hydroxyl groups excluding tert-OH is 2. The van der Waals surface area contributed by atoms with Crippen molar-refractivity contribution in [3.8, 4) is 0 Å². The van der Waals surface area contributed by atoms with Crippen LogP contribution >= 0.6 is 0 Å². The summed E-state index contributed by atoms with van der Waals surface area (Å²) in [7, 11) is 0. The highest BCUT2D eigenvalue weighted by molar-refractivity contribution is 5.69. The summed E-state index contributed by atoms with van der Waals surface area (Å²) in [6.07, 6.45) is 2.04. The lowest BCUT2D eigenvalue weighted by Gasteiger charge is -2.44. The molecule has 0 aliphatic carbocycles. The Morgan fingerprint density at radius 1 is 0.919 bits per heavy atom. The van der Waals surface area contributed by atoms with Crippen molar-refractivity contribution >= 4 is 6.09 Å². The van der Waals surface area contributed by atoms with Gasteiger partial charge in [-0.15, -0.1) is 0 Å². The summed E-state index contributed by atoms with van der Waals surface area (Å²) in [6, 6.07) is 18.8. The molecule has 4 rings (SSSR count). The van der Waals surface area contributed by atoms with Crippen LogP contribution in [0.25, 0.3) is 0 Å². The fraction of sp³-hybridized carbons (Fsp3) is 0.552. The third-order valence-corrected chi connectivity index (χ3v) is 7.03. The van der Waals surface area contributed by atoms with Gasteiger partial charge in [0.05, 0.1) is 25.8 Å². The number of amides is 1. The molecule has 4 atom stereocenters. The summed E-state index contributed by atoms with van der Waals surface area (Å²) in [5.41, 5.74) is -0.760. The summed E-state index contributed by atoms with van der Waals surface area (Å²) in [6.45, 7) is 6.04. The van der Waals surface area contributed by atoms with Gasteiger partial charge in [-0.1, -0.05) is 60.7 Å². The highest BCUT2D eigenvalue weighted by Crippen LogP contribution is 2.35. The standard InChI is InChI=1S/C17H25NO4.C12H17NO2/c1-16(2,3)22-15(20)18-12-17(21,10-9-14(18)11-19)13-7-5-4-6-8-13;14-8-11-6-7-12(15,9-13-11)10-4-2-1-3-5-10/h4-8,14,19,21H,9-12H2,1-3H3;1-5,11,13-15H,6-9H2. The minimum atomic E-state index is -1.11. The van der Waals surface area contributed by atoms with Crippen LogP contribution in [0.3, 0.4) is 0 Å².